The molecule has 0 fully saturated rings. The van der Waals surface area contributed by atoms with Gasteiger partial charge in [0.15, 0.2) is 0 Å². The van der Waals surface area contributed by atoms with E-state index in [0.29, 0.717) is 16.5 Å². The lowest BCUT2D eigenvalue weighted by atomic mass is 10.2. The lowest BCUT2D eigenvalue weighted by Crippen LogP contribution is -2.28. The fourth-order valence-corrected chi connectivity index (χ4v) is 2.37. The molecule has 0 atom stereocenters. The van der Waals surface area contributed by atoms with Crippen molar-refractivity contribution >= 4 is 29.1 Å². The Morgan fingerprint density at radius 1 is 1.04 bits per heavy atom. The van der Waals surface area contributed by atoms with E-state index in [1.54, 1.807) is 24.3 Å². The van der Waals surface area contributed by atoms with Crippen LogP contribution in [-0.4, -0.2) is 17.9 Å². The molecule has 0 saturated carbocycles. The number of ether oxygens (including phenoxy) is 1. The van der Waals surface area contributed by atoms with Crippen LogP contribution in [0.4, 0.5) is 5.69 Å². The number of benzene rings is 2. The van der Waals surface area contributed by atoms with Gasteiger partial charge in [0, 0.05) is 11.6 Å². The first-order chi connectivity index (χ1) is 12.0. The highest BCUT2D eigenvalue weighted by atomic mass is 35.5. The van der Waals surface area contributed by atoms with Crippen molar-refractivity contribution in [3.05, 3.63) is 59.1 Å². The molecule has 0 spiro atoms. The summed E-state index contributed by atoms with van der Waals surface area (Å²) < 4.78 is 5.64. The van der Waals surface area contributed by atoms with Crippen molar-refractivity contribution in [2.24, 2.45) is 0 Å². The number of halogens is 1. The van der Waals surface area contributed by atoms with Crippen molar-refractivity contribution < 1.29 is 14.3 Å². The normalized spacial score (nSPS) is 10.4. The summed E-state index contributed by atoms with van der Waals surface area (Å²) in [7, 11) is 0. The minimum absolute atomic E-state index is 0.0167. The molecule has 6 heteroatoms. The van der Waals surface area contributed by atoms with Crippen molar-refractivity contribution in [3.63, 3.8) is 0 Å². The standard InChI is InChI=1S/C19H21ClN2O3/c1-13(2)25-17-10-6-5-9-16(17)22-19(24)11-18(23)21-12-14-7-3-4-8-15(14)20/h3-10,13H,11-12H2,1-2H3,(H,21,23)(H,22,24). The van der Waals surface area contributed by atoms with Gasteiger partial charge in [-0.1, -0.05) is 41.9 Å². The van der Waals surface area contributed by atoms with Crippen LogP contribution in [0.1, 0.15) is 25.8 Å². The zero-order valence-electron chi connectivity index (χ0n) is 14.2. The van der Waals surface area contributed by atoms with Crippen molar-refractivity contribution in [1.82, 2.24) is 5.32 Å². The molecule has 0 aromatic heterocycles. The van der Waals surface area contributed by atoms with Gasteiger partial charge in [-0.05, 0) is 37.6 Å². The predicted octanol–water partition coefficient (Wildman–Crippen LogP) is 3.77. The molecular weight excluding hydrogens is 340 g/mol. The second kappa shape index (κ2) is 9.08. The third kappa shape index (κ3) is 6.12. The van der Waals surface area contributed by atoms with Crippen LogP contribution in [0.5, 0.6) is 5.75 Å². The molecule has 2 aromatic rings. The number of amides is 2. The molecule has 2 rings (SSSR count). The minimum atomic E-state index is -0.406. The lowest BCUT2D eigenvalue weighted by Gasteiger charge is -2.14. The van der Waals surface area contributed by atoms with Crippen molar-refractivity contribution in [2.75, 3.05) is 5.32 Å². The molecule has 0 aliphatic carbocycles. The van der Waals surface area contributed by atoms with Gasteiger partial charge < -0.3 is 15.4 Å². The SMILES string of the molecule is CC(C)Oc1ccccc1NC(=O)CC(=O)NCc1ccccc1Cl. The molecule has 0 radical (unpaired) electrons. The molecule has 2 amide bonds. The van der Waals surface area contributed by atoms with E-state index in [1.807, 2.05) is 38.1 Å². The smallest absolute Gasteiger partial charge is 0.233 e. The second-order valence-electron chi connectivity index (χ2n) is 5.76. The van der Waals surface area contributed by atoms with Crippen LogP contribution in [0.15, 0.2) is 48.5 Å². The predicted molar refractivity (Wildman–Crippen MR) is 98.8 cm³/mol. The van der Waals surface area contributed by atoms with Gasteiger partial charge >= 0.3 is 0 Å². The number of nitrogens with one attached hydrogen (secondary N) is 2. The van der Waals surface area contributed by atoms with Gasteiger partial charge in [-0.15, -0.1) is 0 Å². The third-order valence-electron chi connectivity index (χ3n) is 3.28. The van der Waals surface area contributed by atoms with Crippen LogP contribution in [0.25, 0.3) is 0 Å². The molecule has 0 heterocycles. The number of carbonyl (C=O) groups is 2. The van der Waals surface area contributed by atoms with Crippen molar-refractivity contribution in [3.8, 4) is 5.75 Å². The number of para-hydroxylation sites is 2. The van der Waals surface area contributed by atoms with Gasteiger partial charge in [-0.25, -0.2) is 0 Å². The summed E-state index contributed by atoms with van der Waals surface area (Å²) in [5.41, 5.74) is 1.34. The van der Waals surface area contributed by atoms with Crippen molar-refractivity contribution in [1.29, 1.82) is 0 Å². The maximum absolute atomic E-state index is 12.1. The van der Waals surface area contributed by atoms with E-state index < -0.39 is 5.91 Å². The molecule has 0 saturated heterocycles. The second-order valence-corrected chi connectivity index (χ2v) is 6.16. The van der Waals surface area contributed by atoms with E-state index in [9.17, 15) is 9.59 Å². The lowest BCUT2D eigenvalue weighted by molar-refractivity contribution is -0.126. The van der Waals surface area contributed by atoms with E-state index in [-0.39, 0.29) is 25.0 Å². The van der Waals surface area contributed by atoms with Crippen LogP contribution in [0.2, 0.25) is 5.02 Å². The summed E-state index contributed by atoms with van der Waals surface area (Å²) in [5, 5.41) is 5.97. The number of anilines is 1. The van der Waals surface area contributed by atoms with E-state index in [4.69, 9.17) is 16.3 Å². The molecule has 0 aliphatic heterocycles. The van der Waals surface area contributed by atoms with E-state index in [1.165, 1.54) is 0 Å². The largest absolute Gasteiger partial charge is 0.489 e. The van der Waals surface area contributed by atoms with Gasteiger partial charge in [0.2, 0.25) is 11.8 Å². The maximum Gasteiger partial charge on any atom is 0.233 e. The fraction of sp³-hybridized carbons (Fsp3) is 0.263. The Labute approximate surface area is 152 Å². The van der Waals surface area contributed by atoms with Gasteiger partial charge in [-0.3, -0.25) is 9.59 Å². The summed E-state index contributed by atoms with van der Waals surface area (Å²) in [6.45, 7) is 4.08. The summed E-state index contributed by atoms with van der Waals surface area (Å²) in [4.78, 5) is 24.0. The Morgan fingerprint density at radius 3 is 2.44 bits per heavy atom. The highest BCUT2D eigenvalue weighted by molar-refractivity contribution is 6.31. The monoisotopic (exact) mass is 360 g/mol. The zero-order valence-corrected chi connectivity index (χ0v) is 15.0. The average Bonchev–Trinajstić information content (AvgIpc) is 2.55. The molecule has 2 aromatic carbocycles. The third-order valence-corrected chi connectivity index (χ3v) is 3.65. The van der Waals surface area contributed by atoms with Gasteiger partial charge in [0.25, 0.3) is 0 Å². The van der Waals surface area contributed by atoms with E-state index >= 15 is 0 Å². The highest BCUT2D eigenvalue weighted by Crippen LogP contribution is 2.24. The minimum Gasteiger partial charge on any atom is -0.489 e. The molecular formula is C19H21ClN2O3. The quantitative estimate of drug-likeness (QED) is 0.738. The Morgan fingerprint density at radius 2 is 1.72 bits per heavy atom. The maximum atomic E-state index is 12.1. The number of carbonyl (C=O) groups excluding carboxylic acids is 2. The number of hydrogen-bond acceptors (Lipinski definition) is 3. The van der Waals surface area contributed by atoms with Crippen LogP contribution < -0.4 is 15.4 Å². The Bertz CT molecular complexity index is 747. The number of hydrogen-bond donors (Lipinski definition) is 2. The summed E-state index contributed by atoms with van der Waals surface area (Å²) in [6, 6.07) is 14.3. The average molecular weight is 361 g/mol. The highest BCUT2D eigenvalue weighted by Gasteiger charge is 2.13. The molecule has 0 aliphatic rings. The fourth-order valence-electron chi connectivity index (χ4n) is 2.16. The van der Waals surface area contributed by atoms with E-state index in [2.05, 4.69) is 10.6 Å². The van der Waals surface area contributed by atoms with Crippen LogP contribution in [-0.2, 0) is 16.1 Å². The van der Waals surface area contributed by atoms with Gasteiger partial charge in [0.05, 0.1) is 11.8 Å². The first-order valence-electron chi connectivity index (χ1n) is 8.01. The Kier molecular flexibility index (Phi) is 6.83. The summed E-state index contributed by atoms with van der Waals surface area (Å²) >= 11 is 6.04. The van der Waals surface area contributed by atoms with Crippen LogP contribution in [0, 0.1) is 0 Å². The Balaban J connectivity index is 1.88. The molecule has 2 N–H and O–H groups in total. The van der Waals surface area contributed by atoms with Gasteiger partial charge in [0.1, 0.15) is 12.2 Å². The van der Waals surface area contributed by atoms with E-state index in [0.717, 1.165) is 5.56 Å². The molecule has 0 unspecified atom stereocenters. The van der Waals surface area contributed by atoms with Gasteiger partial charge in [-0.2, -0.15) is 0 Å². The topological polar surface area (TPSA) is 67.4 Å². The number of rotatable bonds is 7. The van der Waals surface area contributed by atoms with Crippen LogP contribution >= 0.6 is 11.6 Å². The first-order valence-corrected chi connectivity index (χ1v) is 8.39. The summed E-state index contributed by atoms with van der Waals surface area (Å²) in [6.07, 6.45) is -0.294. The summed E-state index contributed by atoms with van der Waals surface area (Å²) in [5.74, 6) is -0.210. The molecule has 0 bridgehead atoms. The van der Waals surface area contributed by atoms with Crippen LogP contribution in [0.3, 0.4) is 0 Å². The van der Waals surface area contributed by atoms with Crippen molar-refractivity contribution in [2.45, 2.75) is 32.9 Å². The first kappa shape index (κ1) is 18.8. The Hall–Kier alpha value is -2.53. The molecule has 25 heavy (non-hydrogen) atoms. The zero-order chi connectivity index (χ0) is 18.2. The molecule has 5 nitrogen and oxygen atoms in total. The molecule has 132 valence electrons.